The first-order valence-corrected chi connectivity index (χ1v) is 3.77. The molecule has 2 atom stereocenters. The molecule has 1 N–H and O–H groups in total. The lowest BCUT2D eigenvalue weighted by Gasteiger charge is -2.17. The number of hydrogen-bond donors (Lipinski definition) is 1. The summed E-state index contributed by atoms with van der Waals surface area (Å²) in [6.45, 7) is -0.255. The Labute approximate surface area is 74.1 Å². The lowest BCUT2D eigenvalue weighted by Crippen LogP contribution is -2.40. The molecule has 0 spiro atoms. The van der Waals surface area contributed by atoms with E-state index >= 15 is 0 Å². The number of amides is 1. The second-order valence-electron chi connectivity index (χ2n) is 2.81. The molecule has 1 aliphatic rings. The van der Waals surface area contributed by atoms with Crippen molar-refractivity contribution in [3.8, 4) is 0 Å². The molecule has 1 rings (SSSR count). The lowest BCUT2D eigenvalue weighted by atomic mass is 10.2. The van der Waals surface area contributed by atoms with Gasteiger partial charge in [-0.3, -0.25) is 4.90 Å². The van der Waals surface area contributed by atoms with E-state index in [2.05, 4.69) is 4.74 Å². The van der Waals surface area contributed by atoms with Crippen LogP contribution in [0.5, 0.6) is 0 Å². The second kappa shape index (κ2) is 3.59. The van der Waals surface area contributed by atoms with Crippen LogP contribution in [0.1, 0.15) is 6.42 Å². The van der Waals surface area contributed by atoms with E-state index in [-0.39, 0.29) is 13.0 Å². The minimum Gasteiger partial charge on any atom is -0.467 e. The van der Waals surface area contributed by atoms with Gasteiger partial charge in [-0.15, -0.1) is 0 Å². The largest absolute Gasteiger partial charge is 0.467 e. The predicted octanol–water partition coefficient (Wildman–Crippen LogP) is 0.250. The molecule has 0 bridgehead atoms. The Morgan fingerprint density at radius 2 is 2.23 bits per heavy atom. The van der Waals surface area contributed by atoms with Gasteiger partial charge in [-0.25, -0.2) is 14.0 Å². The number of rotatable bonds is 1. The number of nitrogens with zero attached hydrogens (tertiary/aromatic N) is 1. The molecule has 5 nitrogen and oxygen atoms in total. The van der Waals surface area contributed by atoms with Gasteiger partial charge in [0.05, 0.1) is 13.7 Å². The number of halogens is 1. The van der Waals surface area contributed by atoms with Crippen LogP contribution in [0.4, 0.5) is 9.18 Å². The number of esters is 1. The number of carbonyl (C=O) groups is 2. The maximum absolute atomic E-state index is 12.8. The van der Waals surface area contributed by atoms with Crippen LogP contribution in [-0.4, -0.2) is 47.9 Å². The van der Waals surface area contributed by atoms with Gasteiger partial charge in [0.15, 0.2) is 0 Å². The standard InChI is InChI=1S/C7H10FNO4/c1-13-6(10)5-2-4(8)3-9(5)7(11)12/h4-5H,2-3H2,1H3,(H,11,12)/t4-,5-/m0/s1. The fourth-order valence-corrected chi connectivity index (χ4v) is 1.36. The molecule has 0 aromatic rings. The number of carbonyl (C=O) groups excluding carboxylic acids is 1. The highest BCUT2D eigenvalue weighted by Crippen LogP contribution is 2.21. The Kier molecular flexibility index (Phi) is 2.69. The van der Waals surface area contributed by atoms with Crippen molar-refractivity contribution >= 4 is 12.1 Å². The molecule has 13 heavy (non-hydrogen) atoms. The molecule has 6 heteroatoms. The maximum atomic E-state index is 12.8. The van der Waals surface area contributed by atoms with Gasteiger partial charge in [-0.1, -0.05) is 0 Å². The predicted molar refractivity (Wildman–Crippen MR) is 40.0 cm³/mol. The lowest BCUT2D eigenvalue weighted by molar-refractivity contribution is -0.145. The minimum atomic E-state index is -1.30. The number of carboxylic acid groups (broad SMARTS) is 1. The molecule has 0 unspecified atom stereocenters. The summed E-state index contributed by atoms with van der Waals surface area (Å²) in [5.74, 6) is -0.706. The molecule has 0 radical (unpaired) electrons. The van der Waals surface area contributed by atoms with Gasteiger partial charge in [0.1, 0.15) is 12.2 Å². The van der Waals surface area contributed by atoms with E-state index in [1.807, 2.05) is 0 Å². The third kappa shape index (κ3) is 1.88. The molecule has 0 aromatic carbocycles. The van der Waals surface area contributed by atoms with E-state index in [4.69, 9.17) is 5.11 Å². The Bertz CT molecular complexity index is 233. The van der Waals surface area contributed by atoms with E-state index < -0.39 is 24.3 Å². The Morgan fingerprint density at radius 3 is 2.69 bits per heavy atom. The molecule has 0 aromatic heterocycles. The normalized spacial score (nSPS) is 27.4. The van der Waals surface area contributed by atoms with Crippen LogP contribution in [0.2, 0.25) is 0 Å². The Morgan fingerprint density at radius 1 is 1.62 bits per heavy atom. The number of hydrogen-bond acceptors (Lipinski definition) is 3. The molecule has 74 valence electrons. The van der Waals surface area contributed by atoms with Crippen LogP contribution < -0.4 is 0 Å². The monoisotopic (exact) mass is 191 g/mol. The Balaban J connectivity index is 2.71. The molecular formula is C7H10FNO4. The van der Waals surface area contributed by atoms with Crippen LogP contribution in [-0.2, 0) is 9.53 Å². The van der Waals surface area contributed by atoms with Gasteiger partial charge in [0, 0.05) is 6.42 Å². The first-order valence-electron chi connectivity index (χ1n) is 3.77. The van der Waals surface area contributed by atoms with Crippen LogP contribution in [0.25, 0.3) is 0 Å². The van der Waals surface area contributed by atoms with Crippen molar-refractivity contribution in [2.45, 2.75) is 18.6 Å². The summed E-state index contributed by atoms with van der Waals surface area (Å²) >= 11 is 0. The zero-order valence-electron chi connectivity index (χ0n) is 7.07. The Hall–Kier alpha value is -1.33. The van der Waals surface area contributed by atoms with Gasteiger partial charge in [0.2, 0.25) is 0 Å². The van der Waals surface area contributed by atoms with Crippen molar-refractivity contribution < 1.29 is 23.8 Å². The van der Waals surface area contributed by atoms with Crippen LogP contribution in [0.3, 0.4) is 0 Å². The second-order valence-corrected chi connectivity index (χ2v) is 2.81. The van der Waals surface area contributed by atoms with Crippen molar-refractivity contribution in [3.05, 3.63) is 0 Å². The van der Waals surface area contributed by atoms with Crippen LogP contribution in [0, 0.1) is 0 Å². The van der Waals surface area contributed by atoms with Gasteiger partial charge >= 0.3 is 12.1 Å². The first-order chi connectivity index (χ1) is 6.06. The van der Waals surface area contributed by atoms with E-state index in [0.29, 0.717) is 0 Å². The maximum Gasteiger partial charge on any atom is 0.408 e. The average Bonchev–Trinajstić information content (AvgIpc) is 2.46. The van der Waals surface area contributed by atoms with E-state index in [9.17, 15) is 14.0 Å². The van der Waals surface area contributed by atoms with Crippen molar-refractivity contribution in [3.63, 3.8) is 0 Å². The fraction of sp³-hybridized carbons (Fsp3) is 0.714. The topological polar surface area (TPSA) is 66.8 Å². The van der Waals surface area contributed by atoms with Gasteiger partial charge in [-0.05, 0) is 0 Å². The van der Waals surface area contributed by atoms with E-state index in [1.165, 1.54) is 0 Å². The average molecular weight is 191 g/mol. The summed E-state index contributed by atoms with van der Waals surface area (Å²) in [6.07, 6.45) is -2.69. The molecule has 1 saturated heterocycles. The van der Waals surface area contributed by atoms with Crippen LogP contribution >= 0.6 is 0 Å². The van der Waals surface area contributed by atoms with Crippen molar-refractivity contribution in [2.75, 3.05) is 13.7 Å². The quantitative estimate of drug-likeness (QED) is 0.603. The summed E-state index contributed by atoms with van der Waals surface area (Å²) in [7, 11) is 1.15. The molecule has 1 aliphatic heterocycles. The summed E-state index contributed by atoms with van der Waals surface area (Å²) < 4.78 is 17.1. The number of methoxy groups -OCH3 is 1. The number of likely N-dealkylation sites (tertiary alicyclic amines) is 1. The highest BCUT2D eigenvalue weighted by Gasteiger charge is 2.40. The molecule has 0 aliphatic carbocycles. The van der Waals surface area contributed by atoms with Gasteiger partial charge < -0.3 is 9.84 Å². The zero-order chi connectivity index (χ0) is 10.0. The smallest absolute Gasteiger partial charge is 0.408 e. The molecule has 1 heterocycles. The van der Waals surface area contributed by atoms with E-state index in [1.54, 1.807) is 0 Å². The summed E-state index contributed by atoms with van der Waals surface area (Å²) in [6, 6.07) is -0.988. The first kappa shape index (κ1) is 9.76. The van der Waals surface area contributed by atoms with Crippen molar-refractivity contribution in [1.82, 2.24) is 4.90 Å². The third-order valence-electron chi connectivity index (χ3n) is 1.97. The molecular weight excluding hydrogens is 181 g/mol. The minimum absolute atomic E-state index is 0.112. The summed E-state index contributed by atoms with van der Waals surface area (Å²) in [5.41, 5.74) is 0. The van der Waals surface area contributed by atoms with Gasteiger partial charge in [0.25, 0.3) is 0 Å². The highest BCUT2D eigenvalue weighted by atomic mass is 19.1. The molecule has 1 fully saturated rings. The molecule has 1 amide bonds. The SMILES string of the molecule is COC(=O)[C@@H]1C[C@H](F)CN1C(=O)O. The van der Waals surface area contributed by atoms with Crippen molar-refractivity contribution in [1.29, 1.82) is 0 Å². The summed E-state index contributed by atoms with van der Waals surface area (Å²) in [5, 5.41) is 8.60. The van der Waals surface area contributed by atoms with E-state index in [0.717, 1.165) is 12.0 Å². The summed E-state index contributed by atoms with van der Waals surface area (Å²) in [4.78, 5) is 22.3. The number of ether oxygens (including phenoxy) is 1. The number of alkyl halides is 1. The third-order valence-corrected chi connectivity index (χ3v) is 1.97. The van der Waals surface area contributed by atoms with Crippen molar-refractivity contribution in [2.24, 2.45) is 0 Å². The van der Waals surface area contributed by atoms with Crippen LogP contribution in [0.15, 0.2) is 0 Å². The molecule has 0 saturated carbocycles. The zero-order valence-corrected chi connectivity index (χ0v) is 7.07. The highest BCUT2D eigenvalue weighted by molar-refractivity contribution is 5.81. The fourth-order valence-electron chi connectivity index (χ4n) is 1.36. The van der Waals surface area contributed by atoms with Gasteiger partial charge in [-0.2, -0.15) is 0 Å².